The molecule has 0 spiro atoms. The van der Waals surface area contributed by atoms with Crippen molar-refractivity contribution in [1.82, 2.24) is 4.98 Å². The highest BCUT2D eigenvalue weighted by Gasteiger charge is 2.18. The van der Waals surface area contributed by atoms with Crippen molar-refractivity contribution in [2.75, 3.05) is 5.32 Å². The van der Waals surface area contributed by atoms with Gasteiger partial charge in [-0.05, 0) is 19.9 Å². The van der Waals surface area contributed by atoms with Crippen LogP contribution in [-0.2, 0) is 0 Å². The van der Waals surface area contributed by atoms with Crippen molar-refractivity contribution >= 4 is 11.5 Å². The molecule has 0 atom stereocenters. The van der Waals surface area contributed by atoms with E-state index < -0.39 is 10.5 Å². The van der Waals surface area contributed by atoms with Crippen LogP contribution in [0.5, 0.6) is 0 Å². The highest BCUT2D eigenvalue weighted by atomic mass is 16.6. The maximum atomic E-state index is 10.6. The zero-order valence-electron chi connectivity index (χ0n) is 9.39. The third-order valence-electron chi connectivity index (χ3n) is 1.98. The lowest BCUT2D eigenvalue weighted by atomic mass is 10.1. The molecule has 0 aliphatic rings. The number of anilines is 1. The van der Waals surface area contributed by atoms with Crippen LogP contribution in [0.1, 0.15) is 19.5 Å². The molecule has 0 saturated carbocycles. The number of aromatic nitrogens is 1. The van der Waals surface area contributed by atoms with Crippen LogP contribution in [0.4, 0.5) is 11.5 Å². The molecule has 1 aromatic heterocycles. The summed E-state index contributed by atoms with van der Waals surface area (Å²) in [7, 11) is 0. The monoisotopic (exact) mass is 230 g/mol. The Bertz CT molecular complexity index is 537. The van der Waals surface area contributed by atoms with Crippen LogP contribution in [0, 0.1) is 33.8 Å². The number of hydrogen-bond acceptors (Lipinski definition) is 5. The lowest BCUT2D eigenvalue weighted by Crippen LogP contribution is -2.29. The Labute approximate surface area is 98.4 Å². The van der Waals surface area contributed by atoms with Gasteiger partial charge in [0, 0.05) is 6.07 Å². The molecule has 1 heterocycles. The topological polar surface area (TPSA) is 91.9 Å². The summed E-state index contributed by atoms with van der Waals surface area (Å²) >= 11 is 0. The molecule has 6 nitrogen and oxygen atoms in total. The molecule has 1 aromatic rings. The molecule has 86 valence electrons. The van der Waals surface area contributed by atoms with E-state index in [9.17, 15) is 10.1 Å². The second-order valence-corrected chi connectivity index (χ2v) is 3.83. The number of pyridine rings is 1. The standard InChI is InChI=1S/C11H10N4O2/c1-4-11(2,3)14-10-6-5-9(15(16)17)8(7-12)13-10/h1,5-6H,2-3H3,(H,13,14). The largest absolute Gasteiger partial charge is 0.354 e. The summed E-state index contributed by atoms with van der Waals surface area (Å²) < 4.78 is 0. The first-order valence-electron chi connectivity index (χ1n) is 4.71. The minimum absolute atomic E-state index is 0.243. The minimum Gasteiger partial charge on any atom is -0.354 e. The number of hydrogen-bond donors (Lipinski definition) is 1. The third kappa shape index (κ3) is 2.93. The Morgan fingerprint density at radius 2 is 2.24 bits per heavy atom. The first-order valence-corrected chi connectivity index (χ1v) is 4.71. The molecule has 0 unspecified atom stereocenters. The van der Waals surface area contributed by atoms with Crippen molar-refractivity contribution in [2.45, 2.75) is 19.4 Å². The molecule has 1 rings (SSSR count). The van der Waals surface area contributed by atoms with Gasteiger partial charge >= 0.3 is 5.69 Å². The first-order chi connectivity index (χ1) is 7.89. The minimum atomic E-state index is -0.651. The van der Waals surface area contributed by atoms with Crippen molar-refractivity contribution < 1.29 is 4.92 Å². The summed E-state index contributed by atoms with van der Waals surface area (Å²) in [5, 5.41) is 22.2. The molecule has 0 fully saturated rings. The average molecular weight is 230 g/mol. The molecule has 0 radical (unpaired) electrons. The van der Waals surface area contributed by atoms with E-state index in [4.69, 9.17) is 11.7 Å². The van der Waals surface area contributed by atoms with E-state index in [-0.39, 0.29) is 11.4 Å². The predicted octanol–water partition coefficient (Wildman–Crippen LogP) is 1.69. The molecular formula is C11H10N4O2. The van der Waals surface area contributed by atoms with Gasteiger partial charge in [-0.3, -0.25) is 10.1 Å². The zero-order valence-corrected chi connectivity index (χ0v) is 9.39. The highest BCUT2D eigenvalue weighted by molar-refractivity contribution is 5.52. The van der Waals surface area contributed by atoms with Gasteiger partial charge in [0.25, 0.3) is 0 Å². The maximum absolute atomic E-state index is 10.6. The van der Waals surface area contributed by atoms with Gasteiger partial charge in [0.1, 0.15) is 11.9 Å². The zero-order chi connectivity index (χ0) is 13.1. The molecule has 0 aromatic carbocycles. The summed E-state index contributed by atoms with van der Waals surface area (Å²) in [5.41, 5.74) is -1.21. The second kappa shape index (κ2) is 4.50. The molecule has 0 aliphatic carbocycles. The third-order valence-corrected chi connectivity index (χ3v) is 1.98. The van der Waals surface area contributed by atoms with E-state index in [2.05, 4.69) is 16.2 Å². The lowest BCUT2D eigenvalue weighted by Gasteiger charge is -2.20. The molecule has 1 N–H and O–H groups in total. The average Bonchev–Trinajstić information content (AvgIpc) is 2.28. The molecule has 0 saturated heterocycles. The van der Waals surface area contributed by atoms with Crippen LogP contribution in [-0.4, -0.2) is 15.4 Å². The summed E-state index contributed by atoms with van der Waals surface area (Å²) in [4.78, 5) is 13.8. The Morgan fingerprint density at radius 1 is 1.59 bits per heavy atom. The quantitative estimate of drug-likeness (QED) is 0.484. The van der Waals surface area contributed by atoms with E-state index in [1.807, 2.05) is 0 Å². The Hall–Kier alpha value is -2.60. The summed E-state index contributed by atoms with van der Waals surface area (Å²) in [5.74, 6) is 2.83. The van der Waals surface area contributed by atoms with Gasteiger partial charge in [-0.1, -0.05) is 5.92 Å². The van der Waals surface area contributed by atoms with Crippen molar-refractivity contribution in [3.63, 3.8) is 0 Å². The second-order valence-electron chi connectivity index (χ2n) is 3.83. The Kier molecular flexibility index (Phi) is 3.30. The van der Waals surface area contributed by atoms with Crippen LogP contribution < -0.4 is 5.32 Å². The molecule has 0 amide bonds. The van der Waals surface area contributed by atoms with E-state index in [1.165, 1.54) is 12.1 Å². The number of terminal acetylenes is 1. The fraction of sp³-hybridized carbons (Fsp3) is 0.273. The van der Waals surface area contributed by atoms with Crippen LogP contribution in [0.25, 0.3) is 0 Å². The Morgan fingerprint density at radius 3 is 2.71 bits per heavy atom. The predicted molar refractivity (Wildman–Crippen MR) is 62.1 cm³/mol. The van der Waals surface area contributed by atoms with E-state index in [0.29, 0.717) is 5.82 Å². The number of nitrogens with one attached hydrogen (secondary N) is 1. The smallest absolute Gasteiger partial charge is 0.305 e. The van der Waals surface area contributed by atoms with Crippen molar-refractivity contribution in [3.05, 3.63) is 27.9 Å². The molecule has 0 bridgehead atoms. The number of nitriles is 1. The van der Waals surface area contributed by atoms with Gasteiger partial charge in [0.05, 0.1) is 10.5 Å². The molecular weight excluding hydrogens is 220 g/mol. The normalized spacial score (nSPS) is 10.1. The number of rotatable bonds is 3. The maximum Gasteiger partial charge on any atom is 0.305 e. The SMILES string of the molecule is C#CC(C)(C)Nc1ccc([N+](=O)[O-])c(C#N)n1. The van der Waals surface area contributed by atoms with Crippen molar-refractivity contribution in [3.8, 4) is 18.4 Å². The highest BCUT2D eigenvalue weighted by Crippen LogP contribution is 2.20. The number of nitro groups is 1. The van der Waals surface area contributed by atoms with Crippen molar-refractivity contribution in [1.29, 1.82) is 5.26 Å². The van der Waals surface area contributed by atoms with Gasteiger partial charge in [-0.15, -0.1) is 6.42 Å². The first kappa shape index (κ1) is 12.5. The van der Waals surface area contributed by atoms with Gasteiger partial charge in [-0.25, -0.2) is 4.98 Å². The van der Waals surface area contributed by atoms with E-state index in [0.717, 1.165) is 0 Å². The van der Waals surface area contributed by atoms with Crippen molar-refractivity contribution in [2.24, 2.45) is 0 Å². The van der Waals surface area contributed by atoms with Crippen LogP contribution in [0.15, 0.2) is 12.1 Å². The molecule has 17 heavy (non-hydrogen) atoms. The summed E-state index contributed by atoms with van der Waals surface area (Å²) in [6.07, 6.45) is 5.29. The van der Waals surface area contributed by atoms with E-state index in [1.54, 1.807) is 19.9 Å². The van der Waals surface area contributed by atoms with Gasteiger partial charge in [0.15, 0.2) is 0 Å². The fourth-order valence-electron chi connectivity index (χ4n) is 1.11. The van der Waals surface area contributed by atoms with Crippen LogP contribution in [0.3, 0.4) is 0 Å². The Balaban J connectivity index is 3.13. The number of nitrogens with zero attached hydrogens (tertiary/aromatic N) is 3. The molecule has 6 heteroatoms. The summed E-state index contributed by atoms with van der Waals surface area (Å²) in [6.45, 7) is 3.50. The molecule has 0 aliphatic heterocycles. The summed E-state index contributed by atoms with van der Waals surface area (Å²) in [6, 6.07) is 4.31. The fourth-order valence-corrected chi connectivity index (χ4v) is 1.11. The van der Waals surface area contributed by atoms with E-state index >= 15 is 0 Å². The van der Waals surface area contributed by atoms with Crippen LogP contribution >= 0.6 is 0 Å². The van der Waals surface area contributed by atoms with Crippen LogP contribution in [0.2, 0.25) is 0 Å². The van der Waals surface area contributed by atoms with Gasteiger partial charge in [-0.2, -0.15) is 5.26 Å². The lowest BCUT2D eigenvalue weighted by molar-refractivity contribution is -0.385. The van der Waals surface area contributed by atoms with Gasteiger partial charge < -0.3 is 5.32 Å². The van der Waals surface area contributed by atoms with Gasteiger partial charge in [0.2, 0.25) is 5.69 Å².